The zero-order chi connectivity index (χ0) is 5.86. The van der Waals surface area contributed by atoms with Gasteiger partial charge in [-0.25, -0.2) is 0 Å². The Bertz CT molecular complexity index is 101. The van der Waals surface area contributed by atoms with Gasteiger partial charge in [-0.3, -0.25) is 0 Å². The van der Waals surface area contributed by atoms with E-state index >= 15 is 0 Å². The Morgan fingerprint density at radius 2 is 2.00 bits per heavy atom. The monoisotopic (exact) mass is 115 g/mol. The molecule has 0 aliphatic rings. The van der Waals surface area contributed by atoms with Gasteiger partial charge in [0.25, 0.3) is 0 Å². The predicted molar refractivity (Wildman–Crippen MR) is 36.1 cm³/mol. The van der Waals surface area contributed by atoms with E-state index in [1.54, 1.807) is 0 Å². The zero-order valence-corrected chi connectivity index (χ0v) is 5.42. The molecule has 2 heteroatoms. The van der Waals surface area contributed by atoms with Crippen molar-refractivity contribution in [3.8, 4) is 0 Å². The molecule has 0 aromatic carbocycles. The summed E-state index contributed by atoms with van der Waals surface area (Å²) >= 11 is 4.00. The van der Waals surface area contributed by atoms with Gasteiger partial charge in [-0.1, -0.05) is 0 Å². The van der Waals surface area contributed by atoms with E-state index in [2.05, 4.69) is 12.6 Å². The first-order chi connectivity index (χ1) is 3.18. The fourth-order valence-electron chi connectivity index (χ4n) is 0.104. The molecule has 0 fully saturated rings. The summed E-state index contributed by atoms with van der Waals surface area (Å²) in [6, 6.07) is 0. The van der Waals surface area contributed by atoms with E-state index in [-0.39, 0.29) is 0 Å². The van der Waals surface area contributed by atoms with E-state index in [0.717, 1.165) is 10.5 Å². The molecule has 0 heterocycles. The second-order valence-corrected chi connectivity index (χ2v) is 2.08. The summed E-state index contributed by atoms with van der Waals surface area (Å²) in [5.41, 5.74) is 0.920. The third kappa shape index (κ3) is 2.45. The number of nitrogens with one attached hydrogen (secondary N) is 1. The van der Waals surface area contributed by atoms with Crippen molar-refractivity contribution in [3.63, 3.8) is 0 Å². The molecule has 0 aromatic heterocycles. The minimum absolute atomic E-state index is 0.912. The highest BCUT2D eigenvalue weighted by Gasteiger charge is 1.81. The van der Waals surface area contributed by atoms with Crippen LogP contribution >= 0.6 is 12.6 Å². The number of hydrogen-bond acceptors (Lipinski definition) is 2. The topological polar surface area (TPSA) is 23.9 Å². The Kier molecular flexibility index (Phi) is 2.76. The van der Waals surface area contributed by atoms with Gasteiger partial charge in [-0.05, 0) is 24.3 Å². The van der Waals surface area contributed by atoms with Crippen molar-refractivity contribution in [2.75, 3.05) is 0 Å². The average molecular weight is 115 g/mol. The number of allylic oxidation sites excluding steroid dienone is 2. The van der Waals surface area contributed by atoms with Crippen LogP contribution in [0, 0.1) is 5.41 Å². The summed E-state index contributed by atoms with van der Waals surface area (Å²) in [5, 5.41) is 6.71. The van der Waals surface area contributed by atoms with E-state index in [9.17, 15) is 0 Å². The molecule has 0 spiro atoms. The maximum absolute atomic E-state index is 6.71. The lowest BCUT2D eigenvalue weighted by Crippen LogP contribution is -1.74. The number of rotatable bonds is 1. The smallest absolute Gasteiger partial charge is 0.0214 e. The van der Waals surface area contributed by atoms with Crippen LogP contribution in [0.15, 0.2) is 10.5 Å². The minimum Gasteiger partial charge on any atom is -0.308 e. The largest absolute Gasteiger partial charge is 0.308 e. The summed E-state index contributed by atoms with van der Waals surface area (Å²) < 4.78 is 0. The molecule has 0 unspecified atom stereocenters. The first-order valence-corrected chi connectivity index (χ1v) is 2.50. The summed E-state index contributed by atoms with van der Waals surface area (Å²) in [4.78, 5) is 0.912. The van der Waals surface area contributed by atoms with Gasteiger partial charge in [0.05, 0.1) is 0 Å². The van der Waals surface area contributed by atoms with Crippen molar-refractivity contribution in [1.82, 2.24) is 0 Å². The van der Waals surface area contributed by atoms with E-state index in [1.807, 2.05) is 13.8 Å². The molecule has 0 aliphatic carbocycles. The number of thiol groups is 1. The maximum atomic E-state index is 6.71. The second kappa shape index (κ2) is 2.86. The minimum atomic E-state index is 0.912. The van der Waals surface area contributed by atoms with Crippen LogP contribution in [0.3, 0.4) is 0 Å². The van der Waals surface area contributed by atoms with Crippen LogP contribution in [0.5, 0.6) is 0 Å². The van der Waals surface area contributed by atoms with Gasteiger partial charge in [0, 0.05) is 6.21 Å². The van der Waals surface area contributed by atoms with E-state index < -0.39 is 0 Å². The lowest BCUT2D eigenvalue weighted by atomic mass is 10.3. The van der Waals surface area contributed by atoms with Gasteiger partial charge in [0.15, 0.2) is 0 Å². The van der Waals surface area contributed by atoms with E-state index in [1.165, 1.54) is 6.21 Å². The SMILES string of the molecule is C/C(S)=C(\C)C=N. The van der Waals surface area contributed by atoms with Crippen molar-refractivity contribution in [3.05, 3.63) is 10.5 Å². The van der Waals surface area contributed by atoms with Crippen LogP contribution in [0.4, 0.5) is 0 Å². The van der Waals surface area contributed by atoms with Crippen molar-refractivity contribution in [2.45, 2.75) is 13.8 Å². The number of hydrogen-bond donors (Lipinski definition) is 2. The molecule has 0 atom stereocenters. The molecule has 1 N–H and O–H groups in total. The molecule has 0 saturated carbocycles. The first kappa shape index (κ1) is 6.76. The molecule has 7 heavy (non-hydrogen) atoms. The highest BCUT2D eigenvalue weighted by atomic mass is 32.1. The van der Waals surface area contributed by atoms with Crippen molar-refractivity contribution in [2.24, 2.45) is 0 Å². The lowest BCUT2D eigenvalue weighted by Gasteiger charge is -1.88. The van der Waals surface area contributed by atoms with Gasteiger partial charge >= 0.3 is 0 Å². The first-order valence-electron chi connectivity index (χ1n) is 2.05. The summed E-state index contributed by atoms with van der Waals surface area (Å²) in [7, 11) is 0. The lowest BCUT2D eigenvalue weighted by molar-refractivity contribution is 1.46. The molecule has 0 bridgehead atoms. The van der Waals surface area contributed by atoms with Crippen LogP contribution < -0.4 is 0 Å². The van der Waals surface area contributed by atoms with Gasteiger partial charge in [-0.2, -0.15) is 0 Å². The Balaban J connectivity index is 3.98. The average Bonchev–Trinajstić information content (AvgIpc) is 1.65. The van der Waals surface area contributed by atoms with Gasteiger partial charge < -0.3 is 5.41 Å². The van der Waals surface area contributed by atoms with E-state index in [0.29, 0.717) is 0 Å². The van der Waals surface area contributed by atoms with Gasteiger partial charge in [-0.15, -0.1) is 12.6 Å². The highest BCUT2D eigenvalue weighted by molar-refractivity contribution is 7.84. The summed E-state index contributed by atoms with van der Waals surface area (Å²) in [5.74, 6) is 0. The molecule has 0 saturated heterocycles. The fourth-order valence-corrected chi connectivity index (χ4v) is 0.169. The van der Waals surface area contributed by atoms with Gasteiger partial charge in [0.1, 0.15) is 0 Å². The summed E-state index contributed by atoms with van der Waals surface area (Å²) in [6.07, 6.45) is 1.29. The van der Waals surface area contributed by atoms with Crippen LogP contribution in [-0.4, -0.2) is 6.21 Å². The molecule has 0 aromatic rings. The normalized spacial score (nSPS) is 13.0. The molecule has 0 radical (unpaired) electrons. The standard InChI is InChI=1S/C5H9NS/c1-4(3-6)5(2)7/h3,6-7H,1-2H3/b5-4-,6-3?. The van der Waals surface area contributed by atoms with Crippen LogP contribution in [0.2, 0.25) is 0 Å². The van der Waals surface area contributed by atoms with Crippen LogP contribution in [-0.2, 0) is 0 Å². The predicted octanol–water partition coefficient (Wildman–Crippen LogP) is 1.86. The van der Waals surface area contributed by atoms with Crippen LogP contribution in [0.25, 0.3) is 0 Å². The highest BCUT2D eigenvalue weighted by Crippen LogP contribution is 2.02. The third-order valence-corrected chi connectivity index (χ3v) is 1.14. The van der Waals surface area contributed by atoms with E-state index in [4.69, 9.17) is 5.41 Å². The molecule has 1 nitrogen and oxygen atoms in total. The Morgan fingerprint density at radius 1 is 1.57 bits per heavy atom. The van der Waals surface area contributed by atoms with Crippen LogP contribution in [0.1, 0.15) is 13.8 Å². The molecule has 40 valence electrons. The molecule has 0 amide bonds. The molecular formula is C5H9NS. The summed E-state index contributed by atoms with van der Waals surface area (Å²) in [6.45, 7) is 3.72. The Hall–Kier alpha value is -0.240. The quantitative estimate of drug-likeness (QED) is 0.385. The fraction of sp³-hybridized carbons (Fsp3) is 0.400. The van der Waals surface area contributed by atoms with Crippen molar-refractivity contribution in [1.29, 1.82) is 5.41 Å². The zero-order valence-electron chi connectivity index (χ0n) is 4.52. The van der Waals surface area contributed by atoms with Crippen molar-refractivity contribution < 1.29 is 0 Å². The second-order valence-electron chi connectivity index (χ2n) is 1.41. The van der Waals surface area contributed by atoms with Gasteiger partial charge in [0.2, 0.25) is 0 Å². The Morgan fingerprint density at radius 3 is 2.00 bits per heavy atom. The molecule has 0 aliphatic heterocycles. The maximum Gasteiger partial charge on any atom is 0.0214 e. The molecule has 0 rings (SSSR count). The third-order valence-electron chi connectivity index (χ3n) is 0.787. The van der Waals surface area contributed by atoms with Crippen molar-refractivity contribution >= 4 is 18.8 Å². The molecular weight excluding hydrogens is 106 g/mol. The Labute approximate surface area is 49.3 Å².